The predicted octanol–water partition coefficient (Wildman–Crippen LogP) is -12.0. The molecule has 0 amide bonds. The Morgan fingerprint density at radius 3 is 0.400 bits per heavy atom. The quantitative estimate of drug-likeness (QED) is 0.412. The predicted molar refractivity (Wildman–Crippen MR) is 0 cm³/mol. The van der Waals surface area contributed by atoms with E-state index >= 15 is 0 Å². The second-order valence-corrected chi connectivity index (χ2v) is 0. The van der Waals surface area contributed by atoms with Gasteiger partial charge in [0.15, 0.2) is 0 Å². The number of hydrogen-bond donors (Lipinski definition) is 0. The maximum Gasteiger partial charge on any atom is 0 e. The molecular weight excluding hydrogens is 337 g/mol. The molecular formula is Cl4Pt-4. The first-order chi connectivity index (χ1) is 0. The Kier molecular flexibility index (Phi) is 552. The van der Waals surface area contributed by atoms with Crippen molar-refractivity contribution in [3.63, 3.8) is 0 Å². The zero-order chi connectivity index (χ0) is 0. The van der Waals surface area contributed by atoms with Gasteiger partial charge in [0.1, 0.15) is 0 Å². The van der Waals surface area contributed by atoms with Crippen LogP contribution in [0.2, 0.25) is 0 Å². The fourth-order valence-electron chi connectivity index (χ4n) is 0. The average molecular weight is 337 g/mol. The van der Waals surface area contributed by atoms with Crippen LogP contribution in [-0.2, 0) is 21.1 Å². The zero-order valence-corrected chi connectivity index (χ0v) is 7.12. The number of rotatable bonds is 0. The van der Waals surface area contributed by atoms with Gasteiger partial charge in [-0.05, 0) is 0 Å². The summed E-state index contributed by atoms with van der Waals surface area (Å²) in [5.74, 6) is 0. The maximum atomic E-state index is 0. The van der Waals surface area contributed by atoms with Gasteiger partial charge in [-0.3, -0.25) is 0 Å². The molecule has 0 aromatic rings. The minimum absolute atomic E-state index is 0. The normalized spacial score (nSPS) is 0. The Balaban J connectivity index is 0. The molecule has 0 atom stereocenters. The van der Waals surface area contributed by atoms with E-state index in [9.17, 15) is 0 Å². The van der Waals surface area contributed by atoms with Gasteiger partial charge in [0.2, 0.25) is 0 Å². The Morgan fingerprint density at radius 2 is 0.400 bits per heavy atom. The molecule has 0 saturated carbocycles. The monoisotopic (exact) mass is 335 g/mol. The van der Waals surface area contributed by atoms with E-state index in [0.717, 1.165) is 0 Å². The molecule has 0 aliphatic carbocycles. The fourth-order valence-corrected chi connectivity index (χ4v) is 0. The van der Waals surface area contributed by atoms with Crippen molar-refractivity contribution in [3.8, 4) is 0 Å². The van der Waals surface area contributed by atoms with E-state index in [4.69, 9.17) is 0 Å². The van der Waals surface area contributed by atoms with E-state index in [1.165, 1.54) is 0 Å². The molecule has 0 aromatic heterocycles. The third-order valence-electron chi connectivity index (χ3n) is 0. The van der Waals surface area contributed by atoms with Gasteiger partial charge in [-0.25, -0.2) is 0 Å². The van der Waals surface area contributed by atoms with Gasteiger partial charge in [-0.15, -0.1) is 0 Å². The summed E-state index contributed by atoms with van der Waals surface area (Å²) in [6.07, 6.45) is 0. The van der Waals surface area contributed by atoms with E-state index in [1.54, 1.807) is 0 Å². The number of halogens is 4. The summed E-state index contributed by atoms with van der Waals surface area (Å²) in [4.78, 5) is 0. The standard InChI is InChI=1S/4ClH.Pt/h4*1H;/p-4. The zero-order valence-electron chi connectivity index (χ0n) is 1.83. The summed E-state index contributed by atoms with van der Waals surface area (Å²) < 4.78 is 0. The van der Waals surface area contributed by atoms with Crippen LogP contribution in [0, 0.1) is 0 Å². The first-order valence-electron chi connectivity index (χ1n) is 0. The van der Waals surface area contributed by atoms with Crippen molar-refractivity contribution in [1.82, 2.24) is 0 Å². The Labute approximate surface area is 70.4 Å². The third kappa shape index (κ3) is 25.4. The summed E-state index contributed by atoms with van der Waals surface area (Å²) in [6.45, 7) is 0. The van der Waals surface area contributed by atoms with Gasteiger partial charge in [0.05, 0.1) is 0 Å². The van der Waals surface area contributed by atoms with Crippen LogP contribution in [-0.4, -0.2) is 0 Å². The van der Waals surface area contributed by atoms with Gasteiger partial charge in [0, 0.05) is 21.1 Å². The van der Waals surface area contributed by atoms with Crippen molar-refractivity contribution in [3.05, 3.63) is 0 Å². The molecule has 0 nitrogen and oxygen atoms in total. The molecule has 0 aliphatic rings. The van der Waals surface area contributed by atoms with E-state index < -0.39 is 0 Å². The molecule has 0 saturated heterocycles. The minimum Gasteiger partial charge on any atom is -1.00 e. The van der Waals surface area contributed by atoms with Crippen molar-refractivity contribution in [1.29, 1.82) is 0 Å². The Bertz CT molecular complexity index is 3.61. The molecule has 0 unspecified atom stereocenters. The van der Waals surface area contributed by atoms with E-state index in [1.807, 2.05) is 0 Å². The maximum absolute atomic E-state index is 0. The molecule has 42 valence electrons. The second kappa shape index (κ2) is 40.2. The van der Waals surface area contributed by atoms with Gasteiger partial charge in [-0.1, -0.05) is 0 Å². The summed E-state index contributed by atoms with van der Waals surface area (Å²) in [5.41, 5.74) is 0. The van der Waals surface area contributed by atoms with Crippen molar-refractivity contribution in [2.75, 3.05) is 0 Å². The third-order valence-corrected chi connectivity index (χ3v) is 0. The molecule has 0 bridgehead atoms. The summed E-state index contributed by atoms with van der Waals surface area (Å²) in [7, 11) is 0. The van der Waals surface area contributed by atoms with Crippen molar-refractivity contribution in [2.45, 2.75) is 0 Å². The number of hydrogen-bond acceptors (Lipinski definition) is 0. The van der Waals surface area contributed by atoms with Crippen LogP contribution in [0.5, 0.6) is 0 Å². The molecule has 0 N–H and O–H groups in total. The van der Waals surface area contributed by atoms with Crippen LogP contribution in [0.1, 0.15) is 0 Å². The molecule has 0 rings (SSSR count). The van der Waals surface area contributed by atoms with Crippen molar-refractivity contribution >= 4 is 0 Å². The van der Waals surface area contributed by atoms with Gasteiger partial charge in [0.25, 0.3) is 0 Å². The topological polar surface area (TPSA) is 0 Å². The van der Waals surface area contributed by atoms with Gasteiger partial charge in [-0.2, -0.15) is 0 Å². The molecule has 5 heavy (non-hydrogen) atoms. The molecule has 5 heteroatoms. The minimum atomic E-state index is 0. The van der Waals surface area contributed by atoms with Crippen LogP contribution >= 0.6 is 0 Å². The van der Waals surface area contributed by atoms with Gasteiger partial charge >= 0.3 is 0 Å². The summed E-state index contributed by atoms with van der Waals surface area (Å²) in [5, 5.41) is 0. The Morgan fingerprint density at radius 1 is 0.400 bits per heavy atom. The molecule has 0 heterocycles. The molecule has 0 fully saturated rings. The Hall–Kier alpha value is 1.85. The fraction of sp³-hybridized carbons (Fsp3) is 0. The molecule has 0 aliphatic heterocycles. The SMILES string of the molecule is [Cl-].[Cl-].[Cl-].[Cl-].[Pt]. The average Bonchev–Trinajstić information content (AvgIpc) is 0. The second-order valence-electron chi connectivity index (χ2n) is 0. The van der Waals surface area contributed by atoms with E-state index in [2.05, 4.69) is 0 Å². The van der Waals surface area contributed by atoms with Crippen LogP contribution < -0.4 is 49.6 Å². The van der Waals surface area contributed by atoms with Gasteiger partial charge < -0.3 is 49.6 Å². The summed E-state index contributed by atoms with van der Waals surface area (Å²) >= 11 is 0. The first kappa shape index (κ1) is 68.6. The van der Waals surface area contributed by atoms with E-state index in [-0.39, 0.29) is 70.7 Å². The van der Waals surface area contributed by atoms with Crippen molar-refractivity contribution < 1.29 is 70.7 Å². The van der Waals surface area contributed by atoms with Crippen molar-refractivity contribution in [2.24, 2.45) is 0 Å². The summed E-state index contributed by atoms with van der Waals surface area (Å²) in [6, 6.07) is 0. The molecule has 0 radical (unpaired) electrons. The van der Waals surface area contributed by atoms with Crippen LogP contribution in [0.25, 0.3) is 0 Å². The smallest absolute Gasteiger partial charge is 0 e. The van der Waals surface area contributed by atoms with Crippen LogP contribution in [0.15, 0.2) is 0 Å². The van der Waals surface area contributed by atoms with Crippen LogP contribution in [0.4, 0.5) is 0 Å². The first-order valence-corrected chi connectivity index (χ1v) is 0. The van der Waals surface area contributed by atoms with Crippen LogP contribution in [0.3, 0.4) is 0 Å². The molecule has 0 spiro atoms. The molecule has 0 aromatic carbocycles. The largest absolute Gasteiger partial charge is 1.00 e. The van der Waals surface area contributed by atoms with E-state index in [0.29, 0.717) is 0 Å².